The second-order valence-electron chi connectivity index (χ2n) is 11.0. The molecule has 0 saturated heterocycles. The SMILES string of the molecule is [2H]c1c([2H])c([2H])c(-c2c([2H])c([2H])c3oc4c([2H])c(-c5ccc(-c6c7c([2H])c([2H])c([2H])c([2H])c7c(-c7c([2H])c([2H])c([2H])c([2H])c7[2H])c7c([2H])c([2H])c([2H])c([2H])c67)c6ccccc56)c([2H])c([2H])c4c3c2[2H])c([2H])c1[2H]. The van der Waals surface area contributed by atoms with E-state index in [9.17, 15) is 11.0 Å². The second kappa shape index (κ2) is 11.1. The van der Waals surface area contributed by atoms with Crippen molar-refractivity contribution in [3.8, 4) is 44.5 Å². The van der Waals surface area contributed by atoms with Gasteiger partial charge in [-0.3, -0.25) is 0 Å². The van der Waals surface area contributed by atoms with Crippen LogP contribution >= 0.6 is 0 Å². The molecule has 1 aromatic heterocycles. The average molecular weight is 647 g/mol. The molecule has 0 spiro atoms. The monoisotopic (exact) mass is 646 g/mol. The number of fused-ring (bicyclic) bond motifs is 6. The zero-order chi connectivity index (χ0) is 53.2. The molecule has 0 radical (unpaired) electrons. The highest BCUT2D eigenvalue weighted by atomic mass is 16.3. The van der Waals surface area contributed by atoms with E-state index >= 15 is 0 Å². The highest BCUT2D eigenvalue weighted by Gasteiger charge is 2.19. The van der Waals surface area contributed by atoms with Crippen molar-refractivity contribution < 1.29 is 37.3 Å². The number of furan rings is 1. The first kappa shape index (κ1) is 12.9. The van der Waals surface area contributed by atoms with Crippen molar-refractivity contribution in [2.45, 2.75) is 0 Å². The minimum Gasteiger partial charge on any atom is -0.456 e. The van der Waals surface area contributed by atoms with Gasteiger partial charge in [0.05, 0.1) is 32.9 Å². The third-order valence-corrected chi connectivity index (χ3v) is 8.35. The van der Waals surface area contributed by atoms with Crippen molar-refractivity contribution in [1.82, 2.24) is 0 Å². The summed E-state index contributed by atoms with van der Waals surface area (Å²) in [6.45, 7) is 0. The molecule has 228 valence electrons. The summed E-state index contributed by atoms with van der Waals surface area (Å²) in [5, 5.41) is -1.69. The lowest BCUT2D eigenvalue weighted by Gasteiger charge is -2.19. The molecule has 9 aromatic carbocycles. The van der Waals surface area contributed by atoms with Crippen LogP contribution in [0, 0.1) is 0 Å². The Morgan fingerprint density at radius 1 is 0.327 bits per heavy atom. The Hall–Kier alpha value is -6.44. The molecule has 0 aliphatic rings. The van der Waals surface area contributed by atoms with Crippen LogP contribution in [0.15, 0.2) is 186 Å². The van der Waals surface area contributed by atoms with Crippen molar-refractivity contribution in [3.05, 3.63) is 181 Å². The van der Waals surface area contributed by atoms with Gasteiger partial charge >= 0.3 is 0 Å². The summed E-state index contributed by atoms with van der Waals surface area (Å²) in [6, 6.07) is -8.49. The Morgan fingerprint density at radius 2 is 0.878 bits per heavy atom. The predicted octanol–water partition coefficient (Wildman–Crippen LogP) is 13.7. The Morgan fingerprint density at radius 3 is 1.55 bits per heavy atom. The lowest BCUT2D eigenvalue weighted by molar-refractivity contribution is 0.669. The van der Waals surface area contributed by atoms with E-state index in [0.29, 0.717) is 0 Å². The summed E-state index contributed by atoms with van der Waals surface area (Å²) in [4.78, 5) is 0. The summed E-state index contributed by atoms with van der Waals surface area (Å²) in [5.41, 5.74) is -3.15. The molecule has 0 aliphatic heterocycles. The molecule has 1 heterocycles. The molecule has 1 nitrogen and oxygen atoms in total. The second-order valence-corrected chi connectivity index (χ2v) is 11.0. The molecular weight excluding hydrogens is 593 g/mol. The van der Waals surface area contributed by atoms with E-state index in [1.54, 1.807) is 24.3 Å². The summed E-state index contributed by atoms with van der Waals surface area (Å²) >= 11 is 0. The molecule has 10 rings (SSSR count). The van der Waals surface area contributed by atoms with Crippen LogP contribution in [0.2, 0.25) is 0 Å². The summed E-state index contributed by atoms with van der Waals surface area (Å²) in [5.74, 6) is 0. The summed E-state index contributed by atoms with van der Waals surface area (Å²) in [7, 11) is 0. The van der Waals surface area contributed by atoms with Crippen molar-refractivity contribution in [1.29, 1.82) is 0 Å². The van der Waals surface area contributed by atoms with Gasteiger partial charge in [-0.1, -0.05) is 157 Å². The molecule has 0 bridgehead atoms. The van der Waals surface area contributed by atoms with Crippen LogP contribution in [0.3, 0.4) is 0 Å². The quantitative estimate of drug-likeness (QED) is 0.173. The predicted molar refractivity (Wildman–Crippen MR) is 208 cm³/mol. The van der Waals surface area contributed by atoms with Crippen molar-refractivity contribution >= 4 is 54.3 Å². The first-order chi connectivity index (χ1) is 34.3. The Labute approximate surface area is 318 Å². The molecular formula is C48H30O. The number of benzene rings is 9. The zero-order valence-electron chi connectivity index (χ0n) is 48.9. The lowest BCUT2D eigenvalue weighted by atomic mass is 9.84. The van der Waals surface area contributed by atoms with Gasteiger partial charge in [-0.05, 0) is 101 Å². The van der Waals surface area contributed by atoms with Crippen LogP contribution in [0.5, 0.6) is 0 Å². The standard InChI is InChI=1S/C48H30O/c1-3-13-31(14-4-1)33-24-28-45-44(29-33)38-25-23-34(30-46(38)49-45)35-26-27-43(37-18-8-7-17-36(35)37)48-41-21-11-9-19-39(41)47(32-15-5-2-6-16-32)40-20-10-12-22-42(40)48/h1-30H/i1D,2D,3D,4D,5D,6D,9D,10D,11D,12D,13D,14D,15D,16D,19D,20D,21D,22D,23D,24D,25D,28D,29D,30D. The number of hydrogen-bond donors (Lipinski definition) is 0. The minimum atomic E-state index is -0.816. The van der Waals surface area contributed by atoms with Crippen LogP contribution in [0.4, 0.5) is 0 Å². The normalized spacial score (nSPS) is 18.5. The summed E-state index contributed by atoms with van der Waals surface area (Å²) in [6.07, 6.45) is 0. The van der Waals surface area contributed by atoms with E-state index in [-0.39, 0.29) is 54.6 Å². The Kier molecular flexibility index (Phi) is 2.91. The smallest absolute Gasteiger partial charge is 0.136 e. The molecule has 0 fully saturated rings. The molecule has 0 aliphatic carbocycles. The van der Waals surface area contributed by atoms with E-state index in [4.69, 9.17) is 26.3 Å². The lowest BCUT2D eigenvalue weighted by Crippen LogP contribution is -1.92. The molecule has 0 saturated carbocycles. The average Bonchev–Trinajstić information content (AvgIpc) is 3.79. The fourth-order valence-corrected chi connectivity index (χ4v) is 6.28. The fraction of sp³-hybridized carbons (Fsp3) is 0. The van der Waals surface area contributed by atoms with Crippen LogP contribution in [0.1, 0.15) is 32.9 Å². The molecule has 0 atom stereocenters. The van der Waals surface area contributed by atoms with Gasteiger partial charge in [0.25, 0.3) is 0 Å². The third kappa shape index (κ3) is 4.40. The molecule has 0 amide bonds. The van der Waals surface area contributed by atoms with Gasteiger partial charge in [0, 0.05) is 10.8 Å². The largest absolute Gasteiger partial charge is 0.456 e. The van der Waals surface area contributed by atoms with Gasteiger partial charge in [-0.15, -0.1) is 0 Å². The maximum Gasteiger partial charge on any atom is 0.136 e. The molecule has 49 heavy (non-hydrogen) atoms. The number of hydrogen-bond acceptors (Lipinski definition) is 1. The Bertz CT molecular complexity index is 4120. The maximum absolute atomic E-state index is 9.56. The highest BCUT2D eigenvalue weighted by Crippen LogP contribution is 2.46. The van der Waals surface area contributed by atoms with Gasteiger partial charge in [-0.25, -0.2) is 0 Å². The first-order valence-electron chi connectivity index (χ1n) is 26.9. The van der Waals surface area contributed by atoms with E-state index in [1.807, 2.05) is 0 Å². The topological polar surface area (TPSA) is 13.1 Å². The van der Waals surface area contributed by atoms with Crippen LogP contribution in [0.25, 0.3) is 98.8 Å². The van der Waals surface area contributed by atoms with E-state index in [2.05, 4.69) is 0 Å². The van der Waals surface area contributed by atoms with Crippen molar-refractivity contribution in [2.75, 3.05) is 0 Å². The van der Waals surface area contributed by atoms with Gasteiger partial charge in [0.15, 0.2) is 0 Å². The van der Waals surface area contributed by atoms with Crippen molar-refractivity contribution in [3.63, 3.8) is 0 Å². The first-order valence-corrected chi connectivity index (χ1v) is 14.9. The van der Waals surface area contributed by atoms with Crippen LogP contribution < -0.4 is 0 Å². The van der Waals surface area contributed by atoms with Crippen LogP contribution in [-0.4, -0.2) is 0 Å². The van der Waals surface area contributed by atoms with Gasteiger partial charge in [0.2, 0.25) is 0 Å². The molecule has 1 heteroatoms. The summed E-state index contributed by atoms with van der Waals surface area (Å²) < 4.78 is 219. The zero-order valence-corrected chi connectivity index (χ0v) is 24.9. The van der Waals surface area contributed by atoms with Crippen molar-refractivity contribution in [2.24, 2.45) is 0 Å². The molecule has 0 N–H and O–H groups in total. The van der Waals surface area contributed by atoms with Gasteiger partial charge in [0.1, 0.15) is 11.2 Å². The van der Waals surface area contributed by atoms with Gasteiger partial charge < -0.3 is 4.42 Å². The van der Waals surface area contributed by atoms with E-state index in [1.165, 1.54) is 12.1 Å². The molecule has 10 aromatic rings. The Balaban J connectivity index is 1.34. The third-order valence-electron chi connectivity index (χ3n) is 8.35. The highest BCUT2D eigenvalue weighted by molar-refractivity contribution is 6.24. The minimum absolute atomic E-state index is 0.0897. The van der Waals surface area contributed by atoms with E-state index in [0.717, 1.165) is 0 Å². The van der Waals surface area contributed by atoms with Gasteiger partial charge in [-0.2, -0.15) is 0 Å². The van der Waals surface area contributed by atoms with E-state index < -0.39 is 189 Å². The molecule has 0 unspecified atom stereocenters. The van der Waals surface area contributed by atoms with Crippen LogP contribution in [-0.2, 0) is 0 Å². The number of rotatable bonds is 4. The maximum atomic E-state index is 9.56. The fourth-order valence-electron chi connectivity index (χ4n) is 6.28.